The van der Waals surface area contributed by atoms with Gasteiger partial charge in [-0.15, -0.1) is 0 Å². The lowest BCUT2D eigenvalue weighted by Gasteiger charge is -2.28. The molecule has 0 amide bonds. The van der Waals surface area contributed by atoms with Gasteiger partial charge in [0.05, 0.1) is 7.85 Å². The van der Waals surface area contributed by atoms with Gasteiger partial charge >= 0.3 is 0 Å². The number of hydrogen-bond acceptors (Lipinski definition) is 0. The van der Waals surface area contributed by atoms with Crippen LogP contribution in [0.2, 0.25) is 0 Å². The van der Waals surface area contributed by atoms with E-state index in [1.807, 2.05) is 0 Å². The molecule has 2 aromatic carbocycles. The Morgan fingerprint density at radius 3 is 1.28 bits per heavy atom. The van der Waals surface area contributed by atoms with Crippen LogP contribution in [0.25, 0.3) is 0 Å². The van der Waals surface area contributed by atoms with Crippen molar-refractivity contribution in [2.45, 2.75) is 48.5 Å². The van der Waals surface area contributed by atoms with E-state index in [1.54, 1.807) is 0 Å². The van der Waals surface area contributed by atoms with Crippen LogP contribution in [0, 0.1) is 0 Å². The first-order valence-electron chi connectivity index (χ1n) is 8.61. The zero-order chi connectivity index (χ0) is 17.6. The summed E-state index contributed by atoms with van der Waals surface area (Å²) in [6.07, 6.45) is 0.623. The lowest BCUT2D eigenvalue weighted by Crippen LogP contribution is -2.36. The molecule has 2 aliphatic heterocycles. The van der Waals surface area contributed by atoms with E-state index < -0.39 is 0 Å². The van der Waals surface area contributed by atoms with Gasteiger partial charge in [-0.3, -0.25) is 0 Å². The molecule has 1 nitrogen and oxygen atoms in total. The molecule has 0 N–H and O–H groups in total. The van der Waals surface area contributed by atoms with Crippen molar-refractivity contribution in [1.29, 1.82) is 0 Å². The Bertz CT molecular complexity index is 695. The highest BCUT2D eigenvalue weighted by atomic mass is 79.9. The molecule has 0 atom stereocenters. The van der Waals surface area contributed by atoms with Gasteiger partial charge in [-0.2, -0.15) is 0 Å². The van der Waals surface area contributed by atoms with E-state index in [0.717, 1.165) is 46.7 Å². The number of nitrogens with zero attached hydrogens (tertiary/aromatic N) is 1. The van der Waals surface area contributed by atoms with Crippen molar-refractivity contribution in [2.75, 3.05) is 0 Å². The van der Waals surface area contributed by atoms with Gasteiger partial charge in [-0.25, -0.2) is 0 Å². The topological polar surface area (TPSA) is 0 Å². The molecule has 2 aliphatic rings. The fraction of sp³-hybridized carbons (Fsp3) is 0.400. The van der Waals surface area contributed by atoms with Crippen LogP contribution in [0.3, 0.4) is 0 Å². The molecule has 0 saturated heterocycles. The minimum atomic E-state index is 0.623. The monoisotopic (exact) mass is 522 g/mol. The van der Waals surface area contributed by atoms with E-state index in [0.29, 0.717) is 6.32 Å². The Kier molecular flexibility index (Phi) is 5.22. The summed E-state index contributed by atoms with van der Waals surface area (Å²) in [6.45, 7) is 4.57. The fourth-order valence-electron chi connectivity index (χ4n) is 4.52. The minimum absolute atomic E-state index is 0.623. The highest BCUT2D eigenvalue weighted by Gasteiger charge is 2.42. The lowest BCUT2D eigenvalue weighted by molar-refractivity contribution is -0.966. The van der Waals surface area contributed by atoms with Crippen molar-refractivity contribution in [1.82, 2.24) is 0 Å². The Labute approximate surface area is 176 Å². The number of fused-ring (bicyclic) bond motifs is 2. The van der Waals surface area contributed by atoms with Crippen LogP contribution in [0.5, 0.6) is 0 Å². The molecule has 0 unspecified atom stereocenters. The number of rotatable bonds is 4. The third-order valence-electron chi connectivity index (χ3n) is 5.72. The van der Waals surface area contributed by atoms with E-state index in [-0.39, 0.29) is 0 Å². The summed E-state index contributed by atoms with van der Waals surface area (Å²) in [5.74, 6) is 0. The van der Waals surface area contributed by atoms with Gasteiger partial charge in [0.1, 0.15) is 26.2 Å². The summed E-state index contributed by atoms with van der Waals surface area (Å²) in [7, 11) is 5.96. The highest BCUT2D eigenvalue weighted by molar-refractivity contribution is 9.09. The number of halogens is 3. The first-order chi connectivity index (χ1) is 12.1. The van der Waals surface area contributed by atoms with Crippen LogP contribution in [0.15, 0.2) is 24.3 Å². The predicted octanol–water partition coefficient (Wildman–Crippen LogP) is 5.58. The fourth-order valence-corrected chi connectivity index (χ4v) is 6.08. The molecule has 2 heterocycles. The van der Waals surface area contributed by atoms with Crippen LogP contribution >= 0.6 is 47.8 Å². The van der Waals surface area contributed by atoms with Gasteiger partial charge in [-0.1, -0.05) is 65.7 Å². The molecular weight excluding hydrogens is 505 g/mol. The second kappa shape index (κ2) is 7.14. The molecule has 2 aromatic rings. The minimum Gasteiger partial charge on any atom is -0.309 e. The molecule has 128 valence electrons. The molecule has 0 bridgehead atoms. The summed E-state index contributed by atoms with van der Waals surface area (Å²) in [5.41, 5.74) is 11.6. The largest absolute Gasteiger partial charge is 0.309 e. The van der Waals surface area contributed by atoms with Crippen molar-refractivity contribution in [3.63, 3.8) is 0 Å². The van der Waals surface area contributed by atoms with Gasteiger partial charge in [0.2, 0.25) is 0 Å². The second-order valence-electron chi connectivity index (χ2n) is 7.36. The van der Waals surface area contributed by atoms with Crippen molar-refractivity contribution >= 4 is 55.6 Å². The summed E-state index contributed by atoms with van der Waals surface area (Å²) in [5, 5.41) is 2.74. The van der Waals surface area contributed by atoms with E-state index in [9.17, 15) is 0 Å². The lowest BCUT2D eigenvalue weighted by atomic mass is 9.91. The van der Waals surface area contributed by atoms with Crippen LogP contribution in [-0.4, -0.2) is 12.3 Å². The molecule has 0 fully saturated rings. The Morgan fingerprint density at radius 2 is 0.960 bits per heavy atom. The van der Waals surface area contributed by atoms with E-state index in [2.05, 4.69) is 72.1 Å². The summed E-state index contributed by atoms with van der Waals surface area (Å²) >= 11 is 10.9. The highest BCUT2D eigenvalue weighted by Crippen LogP contribution is 2.42. The Morgan fingerprint density at radius 1 is 0.640 bits per heavy atom. The molecule has 4 rings (SSSR count). The van der Waals surface area contributed by atoms with Gasteiger partial charge in [-0.05, 0) is 34.9 Å². The van der Waals surface area contributed by atoms with Gasteiger partial charge in [0, 0.05) is 38.2 Å². The normalized spacial score (nSPS) is 17.1. The second-order valence-corrected chi connectivity index (χ2v) is 9.04. The van der Waals surface area contributed by atoms with Gasteiger partial charge < -0.3 is 4.48 Å². The van der Waals surface area contributed by atoms with Gasteiger partial charge in [0.25, 0.3) is 0 Å². The van der Waals surface area contributed by atoms with Gasteiger partial charge in [0.15, 0.2) is 0 Å². The summed E-state index contributed by atoms with van der Waals surface area (Å²) in [4.78, 5) is 0. The van der Waals surface area contributed by atoms with Crippen LogP contribution in [0.4, 0.5) is 0 Å². The van der Waals surface area contributed by atoms with E-state index in [1.165, 1.54) is 44.5 Å². The first kappa shape index (κ1) is 18.3. The van der Waals surface area contributed by atoms with Crippen LogP contribution in [-0.2, 0) is 48.5 Å². The Balaban J connectivity index is 1.67. The van der Waals surface area contributed by atoms with Crippen molar-refractivity contribution in [2.24, 2.45) is 0 Å². The number of hydrogen-bond donors (Lipinski definition) is 0. The molecular formula is C20H20BBr3N+. The molecule has 25 heavy (non-hydrogen) atoms. The standard InChI is InChI=1S/C20H20BBr3N/c21-5-13-1-17-9-25(10-18(17)2-14(13)6-22)11-19-3-15(7-23)16(8-24)4-20(19)12-25/h1-4H,5-12H2/q+1. The third kappa shape index (κ3) is 3.20. The quantitative estimate of drug-likeness (QED) is 0.278. The third-order valence-corrected chi connectivity index (χ3v) is 7.53. The SMILES string of the molecule is [B]Cc1cc2c(cc1CBr)C[N+]1(C2)Cc2cc(CBr)c(CBr)cc2C1. The maximum Gasteiger partial charge on any atom is 0.106 e. The molecule has 2 radical (unpaired) electrons. The predicted molar refractivity (Wildman–Crippen MR) is 115 cm³/mol. The average molecular weight is 525 g/mol. The Hall–Kier alpha value is -0.0951. The molecule has 1 spiro atoms. The smallest absolute Gasteiger partial charge is 0.106 e. The average Bonchev–Trinajstić information content (AvgIpc) is 3.15. The number of alkyl halides is 3. The molecule has 0 saturated carbocycles. The molecule has 0 aliphatic carbocycles. The summed E-state index contributed by atoms with van der Waals surface area (Å²) in [6, 6.07) is 9.59. The van der Waals surface area contributed by atoms with E-state index in [4.69, 9.17) is 7.85 Å². The van der Waals surface area contributed by atoms with Crippen molar-refractivity contribution < 1.29 is 4.48 Å². The van der Waals surface area contributed by atoms with E-state index >= 15 is 0 Å². The molecule has 0 aromatic heterocycles. The number of benzene rings is 2. The van der Waals surface area contributed by atoms with Crippen molar-refractivity contribution in [3.05, 3.63) is 68.8 Å². The van der Waals surface area contributed by atoms with Crippen LogP contribution in [0.1, 0.15) is 44.5 Å². The van der Waals surface area contributed by atoms with Crippen molar-refractivity contribution in [3.8, 4) is 0 Å². The zero-order valence-corrected chi connectivity index (χ0v) is 18.9. The maximum absolute atomic E-state index is 5.96. The maximum atomic E-state index is 5.96. The molecule has 5 heteroatoms. The van der Waals surface area contributed by atoms with Crippen LogP contribution < -0.4 is 0 Å². The zero-order valence-electron chi connectivity index (χ0n) is 14.1. The summed E-state index contributed by atoms with van der Waals surface area (Å²) < 4.78 is 1.15. The number of quaternary nitrogens is 1. The first-order valence-corrected chi connectivity index (χ1v) is 12.0.